The van der Waals surface area contributed by atoms with Gasteiger partial charge in [0, 0.05) is 23.1 Å². The van der Waals surface area contributed by atoms with Gasteiger partial charge in [-0.1, -0.05) is 51.1 Å². The van der Waals surface area contributed by atoms with Gasteiger partial charge in [0.2, 0.25) is 0 Å². The fourth-order valence-corrected chi connectivity index (χ4v) is 3.67. The number of anilines is 1. The summed E-state index contributed by atoms with van der Waals surface area (Å²) in [5.41, 5.74) is 1.89. The van der Waals surface area contributed by atoms with E-state index in [1.807, 2.05) is 37.3 Å². The van der Waals surface area contributed by atoms with Crippen molar-refractivity contribution >= 4 is 22.4 Å². The molecule has 2 heterocycles. The summed E-state index contributed by atoms with van der Waals surface area (Å²) in [6, 6.07) is 12.7. The Morgan fingerprint density at radius 1 is 1.19 bits per heavy atom. The van der Waals surface area contributed by atoms with E-state index in [2.05, 4.69) is 29.2 Å². The predicted octanol–water partition coefficient (Wildman–Crippen LogP) is 4.15. The first-order chi connectivity index (χ1) is 13.0. The third kappa shape index (κ3) is 4.31. The summed E-state index contributed by atoms with van der Waals surface area (Å²) in [5.74, 6) is -0.0866. The maximum Gasteiger partial charge on any atom is 0.277 e. The molecule has 3 rings (SSSR count). The zero-order valence-electron chi connectivity index (χ0n) is 15.6. The Kier molecular flexibility index (Phi) is 5.81. The fourth-order valence-electron chi connectivity index (χ4n) is 2.68. The van der Waals surface area contributed by atoms with Crippen molar-refractivity contribution in [3.05, 3.63) is 63.4 Å². The Hall–Kier alpha value is -2.80. The van der Waals surface area contributed by atoms with Gasteiger partial charge in [-0.15, -0.1) is 11.3 Å². The molecule has 1 amide bonds. The minimum absolute atomic E-state index is 0.200. The third-order valence-electron chi connectivity index (χ3n) is 3.98. The summed E-state index contributed by atoms with van der Waals surface area (Å²) in [7, 11) is 0. The fraction of sp³-hybridized carbons (Fsp3) is 0.300. The van der Waals surface area contributed by atoms with Crippen LogP contribution in [0.3, 0.4) is 0 Å². The molecule has 7 heteroatoms. The first-order valence-corrected chi connectivity index (χ1v) is 9.77. The van der Waals surface area contributed by atoms with Crippen LogP contribution in [0.2, 0.25) is 0 Å². The van der Waals surface area contributed by atoms with E-state index in [-0.39, 0.29) is 23.1 Å². The molecule has 0 fully saturated rings. The number of aryl methyl sites for hydroxylation is 1. The second-order valence-electron chi connectivity index (χ2n) is 6.49. The van der Waals surface area contributed by atoms with Crippen LogP contribution in [-0.4, -0.2) is 20.7 Å². The number of rotatable bonds is 6. The second kappa shape index (κ2) is 8.26. The topological polar surface area (TPSA) is 76.9 Å². The van der Waals surface area contributed by atoms with Crippen LogP contribution >= 0.6 is 11.3 Å². The number of nitrogens with one attached hydrogen (secondary N) is 1. The first kappa shape index (κ1) is 19.0. The normalized spacial score (nSPS) is 11.0. The molecule has 6 nitrogen and oxygen atoms in total. The Balaban J connectivity index is 1.89. The second-order valence-corrected chi connectivity index (χ2v) is 7.52. The van der Waals surface area contributed by atoms with Crippen LogP contribution < -0.4 is 10.9 Å². The average Bonchev–Trinajstić information content (AvgIpc) is 3.08. The number of thiazole rings is 1. The lowest BCUT2D eigenvalue weighted by Gasteiger charge is -2.05. The maximum atomic E-state index is 12.6. The first-order valence-electron chi connectivity index (χ1n) is 8.95. The van der Waals surface area contributed by atoms with E-state index in [1.165, 1.54) is 28.2 Å². The van der Waals surface area contributed by atoms with Crippen molar-refractivity contribution in [1.82, 2.24) is 14.8 Å². The standard InChI is InChI=1S/C20H22N4O2S/c1-4-12-24-16(25)11-10-15(23-24)19(26)22-20-21-17(18(27-20)13(2)3)14-8-6-5-7-9-14/h5-11,13H,4,12H2,1-3H3,(H,21,22,26). The molecule has 0 radical (unpaired) electrons. The Bertz CT molecular complexity index is 993. The molecule has 0 aliphatic carbocycles. The molecule has 3 aromatic rings. The zero-order valence-corrected chi connectivity index (χ0v) is 16.4. The quantitative estimate of drug-likeness (QED) is 0.695. The molecule has 0 aliphatic rings. The van der Waals surface area contributed by atoms with Crippen molar-refractivity contribution in [2.24, 2.45) is 0 Å². The molecular formula is C20H22N4O2S. The molecule has 1 aromatic carbocycles. The minimum Gasteiger partial charge on any atom is -0.296 e. The van der Waals surface area contributed by atoms with Gasteiger partial charge in [0.05, 0.1) is 5.69 Å². The van der Waals surface area contributed by atoms with Gasteiger partial charge in [0.1, 0.15) is 5.69 Å². The van der Waals surface area contributed by atoms with Crippen molar-refractivity contribution in [2.45, 2.75) is 39.7 Å². The highest BCUT2D eigenvalue weighted by molar-refractivity contribution is 7.16. The molecule has 2 aromatic heterocycles. The lowest BCUT2D eigenvalue weighted by atomic mass is 10.1. The highest BCUT2D eigenvalue weighted by Crippen LogP contribution is 2.36. The lowest BCUT2D eigenvalue weighted by Crippen LogP contribution is -2.26. The minimum atomic E-state index is -0.372. The highest BCUT2D eigenvalue weighted by atomic mass is 32.1. The number of aromatic nitrogens is 3. The molecule has 1 N–H and O–H groups in total. The van der Waals surface area contributed by atoms with Crippen LogP contribution in [0.15, 0.2) is 47.3 Å². The number of hydrogen-bond donors (Lipinski definition) is 1. The molecule has 0 unspecified atom stereocenters. The molecule has 0 atom stereocenters. The molecule has 0 saturated heterocycles. The van der Waals surface area contributed by atoms with Crippen molar-refractivity contribution in [3.63, 3.8) is 0 Å². The van der Waals surface area contributed by atoms with Crippen LogP contribution in [0.4, 0.5) is 5.13 Å². The van der Waals surface area contributed by atoms with E-state index < -0.39 is 0 Å². The molecule has 140 valence electrons. The Morgan fingerprint density at radius 3 is 2.59 bits per heavy atom. The third-order valence-corrected chi connectivity index (χ3v) is 5.25. The van der Waals surface area contributed by atoms with Gasteiger partial charge in [0.25, 0.3) is 11.5 Å². The van der Waals surface area contributed by atoms with Gasteiger partial charge in [-0.3, -0.25) is 14.9 Å². The smallest absolute Gasteiger partial charge is 0.277 e. The molecule has 0 spiro atoms. The summed E-state index contributed by atoms with van der Waals surface area (Å²) in [5, 5.41) is 7.50. The summed E-state index contributed by atoms with van der Waals surface area (Å²) in [6.45, 7) is 6.64. The van der Waals surface area contributed by atoms with Crippen LogP contribution in [0.5, 0.6) is 0 Å². The van der Waals surface area contributed by atoms with Gasteiger partial charge < -0.3 is 0 Å². The van der Waals surface area contributed by atoms with Crippen LogP contribution in [0.1, 0.15) is 48.5 Å². The number of nitrogens with zero attached hydrogens (tertiary/aromatic N) is 3. The summed E-state index contributed by atoms with van der Waals surface area (Å²) in [4.78, 5) is 30.1. The lowest BCUT2D eigenvalue weighted by molar-refractivity contribution is 0.101. The van der Waals surface area contributed by atoms with E-state index in [0.717, 1.165) is 22.6 Å². The monoisotopic (exact) mass is 382 g/mol. The number of carbonyl (C=O) groups is 1. The van der Waals surface area contributed by atoms with E-state index >= 15 is 0 Å². The average molecular weight is 382 g/mol. The summed E-state index contributed by atoms with van der Waals surface area (Å²) < 4.78 is 1.31. The molecular weight excluding hydrogens is 360 g/mol. The predicted molar refractivity (Wildman–Crippen MR) is 108 cm³/mol. The molecule has 0 bridgehead atoms. The van der Waals surface area contributed by atoms with Gasteiger partial charge in [-0.25, -0.2) is 9.67 Å². The van der Waals surface area contributed by atoms with Crippen molar-refractivity contribution in [2.75, 3.05) is 5.32 Å². The number of benzene rings is 1. The van der Waals surface area contributed by atoms with Gasteiger partial charge in [-0.2, -0.15) is 5.10 Å². The van der Waals surface area contributed by atoms with Crippen LogP contribution in [0, 0.1) is 0 Å². The van der Waals surface area contributed by atoms with Crippen molar-refractivity contribution < 1.29 is 4.79 Å². The number of amides is 1. The van der Waals surface area contributed by atoms with E-state index in [1.54, 1.807) is 0 Å². The van der Waals surface area contributed by atoms with Crippen LogP contribution in [0.25, 0.3) is 11.3 Å². The van der Waals surface area contributed by atoms with E-state index in [4.69, 9.17) is 0 Å². The largest absolute Gasteiger partial charge is 0.296 e. The van der Waals surface area contributed by atoms with Crippen LogP contribution in [-0.2, 0) is 6.54 Å². The zero-order chi connectivity index (χ0) is 19.4. The molecule has 0 aliphatic heterocycles. The van der Waals surface area contributed by atoms with E-state index in [9.17, 15) is 9.59 Å². The maximum absolute atomic E-state index is 12.6. The van der Waals surface area contributed by atoms with Crippen molar-refractivity contribution in [3.8, 4) is 11.3 Å². The Labute approximate surface area is 161 Å². The van der Waals surface area contributed by atoms with Gasteiger partial charge in [0.15, 0.2) is 5.13 Å². The number of carbonyl (C=O) groups excluding carboxylic acids is 1. The van der Waals surface area contributed by atoms with E-state index in [0.29, 0.717) is 11.7 Å². The SMILES string of the molecule is CCCn1nc(C(=O)Nc2nc(-c3ccccc3)c(C(C)C)s2)ccc1=O. The summed E-state index contributed by atoms with van der Waals surface area (Å²) in [6.07, 6.45) is 0.767. The summed E-state index contributed by atoms with van der Waals surface area (Å²) >= 11 is 1.46. The highest BCUT2D eigenvalue weighted by Gasteiger charge is 2.18. The van der Waals surface area contributed by atoms with Gasteiger partial charge >= 0.3 is 0 Å². The number of hydrogen-bond acceptors (Lipinski definition) is 5. The Morgan fingerprint density at radius 2 is 1.93 bits per heavy atom. The molecule has 0 saturated carbocycles. The molecule has 27 heavy (non-hydrogen) atoms. The van der Waals surface area contributed by atoms with Crippen molar-refractivity contribution in [1.29, 1.82) is 0 Å². The van der Waals surface area contributed by atoms with Gasteiger partial charge in [-0.05, 0) is 18.4 Å².